The van der Waals surface area contributed by atoms with Gasteiger partial charge < -0.3 is 10.2 Å². The Bertz CT molecular complexity index is 1270. The molecule has 2 atom stereocenters. The fourth-order valence-corrected chi connectivity index (χ4v) is 7.02. The van der Waals surface area contributed by atoms with Gasteiger partial charge in [-0.15, -0.1) is 0 Å². The van der Waals surface area contributed by atoms with Crippen molar-refractivity contribution in [1.82, 2.24) is 4.31 Å². The summed E-state index contributed by atoms with van der Waals surface area (Å²) in [6.45, 7) is 6.54. The number of fused-ring (bicyclic) bond motifs is 1. The second kappa shape index (κ2) is 9.06. The first kappa shape index (κ1) is 24.0. The maximum absolute atomic E-state index is 13.5. The highest BCUT2D eigenvalue weighted by molar-refractivity contribution is 7.89. The first-order valence-electron chi connectivity index (χ1n) is 12.5. The summed E-state index contributed by atoms with van der Waals surface area (Å²) >= 11 is 0. The van der Waals surface area contributed by atoms with Gasteiger partial charge in [-0.25, -0.2) is 8.42 Å². The second-order valence-corrected chi connectivity index (χ2v) is 12.3. The third kappa shape index (κ3) is 4.74. The van der Waals surface area contributed by atoms with Gasteiger partial charge in [-0.3, -0.25) is 9.59 Å². The average Bonchev–Trinajstić information content (AvgIpc) is 3.60. The molecule has 0 radical (unpaired) electrons. The molecule has 1 saturated heterocycles. The van der Waals surface area contributed by atoms with Crippen molar-refractivity contribution in [3.63, 3.8) is 0 Å². The largest absolute Gasteiger partial charge is 0.326 e. The molecule has 0 unspecified atom stereocenters. The van der Waals surface area contributed by atoms with E-state index in [1.807, 2.05) is 43.9 Å². The van der Waals surface area contributed by atoms with Crippen molar-refractivity contribution in [3.05, 3.63) is 53.1 Å². The molecular weight excluding hydrogens is 462 g/mol. The van der Waals surface area contributed by atoms with Crippen LogP contribution in [0.15, 0.2) is 41.3 Å². The van der Waals surface area contributed by atoms with Crippen molar-refractivity contribution in [2.45, 2.75) is 63.8 Å². The fraction of sp³-hybridized carbons (Fsp3) is 0.481. The third-order valence-electron chi connectivity index (χ3n) is 7.31. The number of hydrogen-bond donors (Lipinski definition) is 1. The molecule has 2 fully saturated rings. The van der Waals surface area contributed by atoms with E-state index in [0.29, 0.717) is 25.8 Å². The number of anilines is 2. The molecule has 2 aromatic carbocycles. The van der Waals surface area contributed by atoms with Crippen LogP contribution in [-0.4, -0.2) is 43.7 Å². The van der Waals surface area contributed by atoms with Gasteiger partial charge in [0.15, 0.2) is 0 Å². The minimum absolute atomic E-state index is 0.0318. The van der Waals surface area contributed by atoms with Crippen LogP contribution in [0.25, 0.3) is 0 Å². The normalized spacial score (nSPS) is 22.7. The Balaban J connectivity index is 1.32. The lowest BCUT2D eigenvalue weighted by Gasteiger charge is -2.31. The first-order chi connectivity index (χ1) is 16.6. The molecule has 2 amide bonds. The summed E-state index contributed by atoms with van der Waals surface area (Å²) in [5, 5.41) is 2.98. The number of sulfonamides is 1. The summed E-state index contributed by atoms with van der Waals surface area (Å²) in [5.74, 6) is -0.278. The molecule has 2 heterocycles. The summed E-state index contributed by atoms with van der Waals surface area (Å²) in [5.41, 5.74) is 4.60. The summed E-state index contributed by atoms with van der Waals surface area (Å²) in [6.07, 6.45) is 3.82. The van der Waals surface area contributed by atoms with E-state index in [1.165, 1.54) is 4.31 Å². The standard InChI is InChI=1S/C27H33N3O4S/c1-17-11-18(2)13-23(12-17)28-26(31)21-5-4-10-29(16-21)35(33,34)24-8-9-25-22(15-24)14-19(3)30(25)27(32)20-6-7-20/h8-9,11-13,15,19-21H,4-7,10,14,16H2,1-3H3,(H,28,31)/t19-,21+/m0/s1. The molecule has 1 aliphatic carbocycles. The maximum atomic E-state index is 13.5. The first-order valence-corrected chi connectivity index (χ1v) is 13.9. The Morgan fingerprint density at radius 2 is 1.69 bits per heavy atom. The predicted molar refractivity (Wildman–Crippen MR) is 136 cm³/mol. The van der Waals surface area contributed by atoms with E-state index >= 15 is 0 Å². The SMILES string of the molecule is Cc1cc(C)cc(NC(=O)[C@@H]2CCCN(S(=O)(=O)c3ccc4c(c3)C[C@H](C)N4C(=O)C3CC3)C2)c1. The van der Waals surface area contributed by atoms with Crippen LogP contribution < -0.4 is 10.2 Å². The molecule has 2 aliphatic heterocycles. The van der Waals surface area contributed by atoms with Crippen LogP contribution in [0, 0.1) is 25.7 Å². The van der Waals surface area contributed by atoms with E-state index in [2.05, 4.69) is 5.32 Å². The highest BCUT2D eigenvalue weighted by Gasteiger charge is 2.40. The van der Waals surface area contributed by atoms with Gasteiger partial charge in [0, 0.05) is 36.4 Å². The predicted octanol–water partition coefficient (Wildman–Crippen LogP) is 4.03. The highest BCUT2D eigenvalue weighted by Crippen LogP contribution is 2.40. The van der Waals surface area contributed by atoms with Crippen LogP contribution in [0.4, 0.5) is 11.4 Å². The molecular formula is C27H33N3O4S. The molecule has 1 N–H and O–H groups in total. The Morgan fingerprint density at radius 1 is 0.971 bits per heavy atom. The minimum atomic E-state index is -3.75. The van der Waals surface area contributed by atoms with Gasteiger partial charge in [0.05, 0.1) is 10.8 Å². The Hall–Kier alpha value is -2.71. The molecule has 7 nitrogen and oxygen atoms in total. The summed E-state index contributed by atoms with van der Waals surface area (Å²) in [4.78, 5) is 27.8. The van der Waals surface area contributed by atoms with E-state index in [1.54, 1.807) is 18.2 Å². The van der Waals surface area contributed by atoms with Crippen LogP contribution in [0.5, 0.6) is 0 Å². The number of carbonyl (C=O) groups excluding carboxylic acids is 2. The number of carbonyl (C=O) groups is 2. The number of nitrogens with one attached hydrogen (secondary N) is 1. The van der Waals surface area contributed by atoms with Crippen molar-refractivity contribution in [1.29, 1.82) is 0 Å². The van der Waals surface area contributed by atoms with Crippen LogP contribution in [0.3, 0.4) is 0 Å². The number of hydrogen-bond acceptors (Lipinski definition) is 4. The molecule has 1 saturated carbocycles. The van der Waals surface area contributed by atoms with Crippen molar-refractivity contribution in [2.24, 2.45) is 11.8 Å². The number of rotatable bonds is 5. The minimum Gasteiger partial charge on any atom is -0.326 e. The number of amides is 2. The lowest BCUT2D eigenvalue weighted by Crippen LogP contribution is -2.43. The van der Waals surface area contributed by atoms with E-state index in [0.717, 1.165) is 40.9 Å². The molecule has 5 rings (SSSR count). The van der Waals surface area contributed by atoms with Crippen molar-refractivity contribution in [2.75, 3.05) is 23.3 Å². The maximum Gasteiger partial charge on any atom is 0.243 e. The fourth-order valence-electron chi connectivity index (χ4n) is 5.45. The highest BCUT2D eigenvalue weighted by atomic mass is 32.2. The number of nitrogens with zero attached hydrogens (tertiary/aromatic N) is 2. The zero-order valence-electron chi connectivity index (χ0n) is 20.6. The number of aryl methyl sites for hydroxylation is 2. The van der Waals surface area contributed by atoms with Crippen LogP contribution in [-0.2, 0) is 26.0 Å². The summed E-state index contributed by atoms with van der Waals surface area (Å²) < 4.78 is 28.5. The lowest BCUT2D eigenvalue weighted by atomic mass is 9.98. The average molecular weight is 496 g/mol. The smallest absolute Gasteiger partial charge is 0.243 e. The van der Waals surface area contributed by atoms with E-state index in [4.69, 9.17) is 0 Å². The second-order valence-electron chi connectivity index (χ2n) is 10.4. The quantitative estimate of drug-likeness (QED) is 0.679. The summed E-state index contributed by atoms with van der Waals surface area (Å²) in [7, 11) is -3.75. The number of benzene rings is 2. The van der Waals surface area contributed by atoms with E-state index in [-0.39, 0.29) is 35.2 Å². The summed E-state index contributed by atoms with van der Waals surface area (Å²) in [6, 6.07) is 11.0. The Kier molecular flexibility index (Phi) is 6.21. The van der Waals surface area contributed by atoms with Gasteiger partial charge in [0.1, 0.15) is 0 Å². The lowest BCUT2D eigenvalue weighted by molar-refractivity contribution is -0.121. The van der Waals surface area contributed by atoms with Gasteiger partial charge in [-0.1, -0.05) is 6.07 Å². The molecule has 8 heteroatoms. The molecule has 3 aliphatic rings. The number of piperidine rings is 1. The molecule has 0 aromatic heterocycles. The monoisotopic (exact) mass is 495 g/mol. The van der Waals surface area contributed by atoms with Gasteiger partial charge in [-0.05, 0) is 99.9 Å². The van der Waals surface area contributed by atoms with Gasteiger partial charge in [0.25, 0.3) is 0 Å². The van der Waals surface area contributed by atoms with Crippen LogP contribution in [0.1, 0.15) is 49.3 Å². The topological polar surface area (TPSA) is 86.8 Å². The van der Waals surface area contributed by atoms with Gasteiger partial charge >= 0.3 is 0 Å². The molecule has 35 heavy (non-hydrogen) atoms. The molecule has 0 spiro atoms. The van der Waals surface area contributed by atoms with E-state index < -0.39 is 15.9 Å². The van der Waals surface area contributed by atoms with Gasteiger partial charge in [-0.2, -0.15) is 4.31 Å². The Labute approximate surface area is 207 Å². The zero-order valence-corrected chi connectivity index (χ0v) is 21.4. The van der Waals surface area contributed by atoms with Crippen molar-refractivity contribution < 1.29 is 18.0 Å². The van der Waals surface area contributed by atoms with Crippen molar-refractivity contribution >= 4 is 33.2 Å². The molecule has 2 aromatic rings. The van der Waals surface area contributed by atoms with Crippen LogP contribution >= 0.6 is 0 Å². The zero-order chi connectivity index (χ0) is 24.9. The van der Waals surface area contributed by atoms with Gasteiger partial charge in [0.2, 0.25) is 21.8 Å². The molecule has 0 bridgehead atoms. The third-order valence-corrected chi connectivity index (χ3v) is 9.17. The Morgan fingerprint density at radius 3 is 2.37 bits per heavy atom. The van der Waals surface area contributed by atoms with E-state index in [9.17, 15) is 18.0 Å². The van der Waals surface area contributed by atoms with Crippen molar-refractivity contribution in [3.8, 4) is 0 Å². The molecule has 186 valence electrons. The van der Waals surface area contributed by atoms with Crippen LogP contribution in [0.2, 0.25) is 0 Å².